The number of carbonyl (C=O) groups excluding carboxylic acids is 3. The Morgan fingerprint density at radius 2 is 1.97 bits per heavy atom. The number of pyridine rings is 1. The Morgan fingerprint density at radius 3 is 2.73 bits per heavy atom. The molecule has 0 spiro atoms. The molecule has 3 aromatic rings. The van der Waals surface area contributed by atoms with Gasteiger partial charge < -0.3 is 20.7 Å². The van der Waals surface area contributed by atoms with Crippen LogP contribution in [0.15, 0.2) is 48.7 Å². The first-order valence-electron chi connectivity index (χ1n) is 9.80. The van der Waals surface area contributed by atoms with Gasteiger partial charge in [-0.15, -0.1) is 0 Å². The van der Waals surface area contributed by atoms with Crippen molar-refractivity contribution in [2.45, 2.75) is 6.54 Å². The van der Waals surface area contributed by atoms with Gasteiger partial charge in [0.25, 0.3) is 0 Å². The van der Waals surface area contributed by atoms with Crippen molar-refractivity contribution in [3.05, 3.63) is 70.6 Å². The Balaban J connectivity index is 1.48. The van der Waals surface area contributed by atoms with Crippen LogP contribution in [0, 0.1) is 5.82 Å². The summed E-state index contributed by atoms with van der Waals surface area (Å²) < 4.78 is 18.5. The molecule has 2 aromatic carbocycles. The Labute approximate surface area is 193 Å². The normalized spacial score (nSPS) is 10.5. The first-order valence-corrected chi connectivity index (χ1v) is 10.2. The zero-order chi connectivity index (χ0) is 24.0. The highest BCUT2D eigenvalue weighted by atomic mass is 35.5. The van der Waals surface area contributed by atoms with E-state index >= 15 is 0 Å². The van der Waals surface area contributed by atoms with Crippen LogP contribution >= 0.6 is 11.6 Å². The first-order chi connectivity index (χ1) is 15.8. The number of urea groups is 1. The fraction of sp³-hybridized carbons (Fsp3) is 0.182. The second kappa shape index (κ2) is 10.6. The average Bonchev–Trinajstić information content (AvgIpc) is 2.79. The van der Waals surface area contributed by atoms with Crippen LogP contribution < -0.4 is 16.4 Å². The van der Waals surface area contributed by atoms with Crippen LogP contribution in [0.5, 0.6) is 0 Å². The van der Waals surface area contributed by atoms with Crippen molar-refractivity contribution in [3.63, 3.8) is 0 Å². The molecule has 1 heterocycles. The van der Waals surface area contributed by atoms with E-state index in [0.29, 0.717) is 21.9 Å². The average molecular weight is 474 g/mol. The maximum absolute atomic E-state index is 13.5. The van der Waals surface area contributed by atoms with E-state index in [0.717, 1.165) is 0 Å². The summed E-state index contributed by atoms with van der Waals surface area (Å²) >= 11 is 5.87. The number of carbonyl (C=O) groups is 3. The first kappa shape index (κ1) is 23.7. The molecule has 0 saturated carbocycles. The van der Waals surface area contributed by atoms with Gasteiger partial charge in [0.1, 0.15) is 18.2 Å². The van der Waals surface area contributed by atoms with Gasteiger partial charge in [-0.05, 0) is 29.1 Å². The van der Waals surface area contributed by atoms with E-state index in [1.165, 1.54) is 36.3 Å². The molecule has 0 atom stereocenters. The largest absolute Gasteiger partial charge is 0.447 e. The minimum absolute atomic E-state index is 0.0437. The number of rotatable bonds is 7. The molecule has 0 saturated heterocycles. The lowest BCUT2D eigenvalue weighted by molar-refractivity contribution is 0.100. The molecule has 0 radical (unpaired) electrons. The fourth-order valence-electron chi connectivity index (χ4n) is 2.96. The number of anilines is 1. The number of halogens is 2. The number of likely N-dealkylation sites (N-methyl/N-ethyl adjacent to an activating group) is 1. The summed E-state index contributed by atoms with van der Waals surface area (Å²) in [7, 11) is 1.51. The Bertz CT molecular complexity index is 1210. The summed E-state index contributed by atoms with van der Waals surface area (Å²) in [4.78, 5) is 41.2. The molecule has 4 N–H and O–H groups in total. The number of aromatic nitrogens is 1. The molecule has 0 aliphatic rings. The number of nitrogens with zero attached hydrogens (tertiary/aromatic N) is 2. The predicted molar refractivity (Wildman–Crippen MR) is 122 cm³/mol. The summed E-state index contributed by atoms with van der Waals surface area (Å²) in [6.45, 7) is 0.0612. The number of amides is 4. The molecule has 0 aliphatic heterocycles. The monoisotopic (exact) mass is 473 g/mol. The zero-order valence-electron chi connectivity index (χ0n) is 17.6. The number of hydrogen-bond acceptors (Lipinski definition) is 5. The number of hydrogen-bond donors (Lipinski definition) is 3. The minimum Gasteiger partial charge on any atom is -0.447 e. The van der Waals surface area contributed by atoms with Gasteiger partial charge in [0.15, 0.2) is 0 Å². The van der Waals surface area contributed by atoms with E-state index in [9.17, 15) is 18.8 Å². The van der Waals surface area contributed by atoms with Crippen molar-refractivity contribution in [2.75, 3.05) is 25.5 Å². The molecule has 4 amide bonds. The Hall–Kier alpha value is -3.92. The van der Waals surface area contributed by atoms with Crippen LogP contribution in [0.25, 0.3) is 10.8 Å². The lowest BCUT2D eigenvalue weighted by atomic mass is 10.1. The summed E-state index contributed by atoms with van der Waals surface area (Å²) in [6, 6.07) is 10.4. The summed E-state index contributed by atoms with van der Waals surface area (Å²) in [6.07, 6.45) is 0.721. The number of nitrogens with one attached hydrogen (secondary N) is 2. The van der Waals surface area contributed by atoms with Crippen LogP contribution in [0.3, 0.4) is 0 Å². The Morgan fingerprint density at radius 1 is 1.21 bits per heavy atom. The van der Waals surface area contributed by atoms with Crippen LogP contribution in [0.2, 0.25) is 5.02 Å². The third-order valence-electron chi connectivity index (χ3n) is 4.73. The van der Waals surface area contributed by atoms with E-state index in [1.54, 1.807) is 24.3 Å². The summed E-state index contributed by atoms with van der Waals surface area (Å²) in [5.74, 6) is -0.983. The quantitative estimate of drug-likeness (QED) is 0.484. The van der Waals surface area contributed by atoms with Gasteiger partial charge in [-0.1, -0.05) is 35.9 Å². The highest BCUT2D eigenvalue weighted by molar-refractivity contribution is 6.31. The smallest absolute Gasteiger partial charge is 0.412 e. The van der Waals surface area contributed by atoms with Crippen molar-refractivity contribution in [3.8, 4) is 0 Å². The molecule has 9 nitrogen and oxygen atoms in total. The summed E-state index contributed by atoms with van der Waals surface area (Å²) in [5, 5.41) is 6.26. The third kappa shape index (κ3) is 6.07. The van der Waals surface area contributed by atoms with Crippen molar-refractivity contribution in [1.29, 1.82) is 0 Å². The van der Waals surface area contributed by atoms with Gasteiger partial charge in [-0.3, -0.25) is 10.1 Å². The van der Waals surface area contributed by atoms with E-state index in [4.69, 9.17) is 22.1 Å². The van der Waals surface area contributed by atoms with Crippen molar-refractivity contribution >= 4 is 46.2 Å². The maximum atomic E-state index is 13.5. The molecule has 0 bridgehead atoms. The van der Waals surface area contributed by atoms with Crippen molar-refractivity contribution < 1.29 is 23.5 Å². The Kier molecular flexibility index (Phi) is 7.62. The van der Waals surface area contributed by atoms with Gasteiger partial charge in [0.05, 0.1) is 11.6 Å². The van der Waals surface area contributed by atoms with E-state index < -0.39 is 23.8 Å². The lowest BCUT2D eigenvalue weighted by Gasteiger charge is -2.18. The number of nitrogens with two attached hydrogens (primary N) is 1. The molecule has 11 heteroatoms. The van der Waals surface area contributed by atoms with Crippen molar-refractivity contribution in [1.82, 2.24) is 15.2 Å². The predicted octanol–water partition coefficient (Wildman–Crippen LogP) is 3.52. The zero-order valence-corrected chi connectivity index (χ0v) is 18.4. The second-order valence-corrected chi connectivity index (χ2v) is 7.39. The number of fused-ring (bicyclic) bond motifs is 1. The van der Waals surface area contributed by atoms with Gasteiger partial charge in [0, 0.05) is 30.7 Å². The fourth-order valence-corrected chi connectivity index (χ4v) is 3.15. The van der Waals surface area contributed by atoms with Gasteiger partial charge in [-0.25, -0.2) is 19.0 Å². The number of primary amides is 1. The van der Waals surface area contributed by atoms with E-state index in [2.05, 4.69) is 15.6 Å². The molecule has 0 fully saturated rings. The number of ether oxygens (including phenoxy) is 1. The SMILES string of the molecule is CN(CCOC(=O)Nc1cc2c(C(N)=O)cccc2cn1)C(=O)NCc1cccc(F)c1Cl. The molecule has 33 heavy (non-hydrogen) atoms. The van der Waals surface area contributed by atoms with Crippen molar-refractivity contribution in [2.24, 2.45) is 5.73 Å². The van der Waals surface area contributed by atoms with Gasteiger partial charge >= 0.3 is 12.1 Å². The summed E-state index contributed by atoms with van der Waals surface area (Å²) in [5.41, 5.74) is 6.13. The lowest BCUT2D eigenvalue weighted by Crippen LogP contribution is -2.39. The van der Waals surface area contributed by atoms with Crippen LogP contribution in [0.1, 0.15) is 15.9 Å². The van der Waals surface area contributed by atoms with E-state index in [-0.39, 0.29) is 30.5 Å². The topological polar surface area (TPSA) is 127 Å². The van der Waals surface area contributed by atoms with E-state index in [1.807, 2.05) is 0 Å². The maximum Gasteiger partial charge on any atom is 0.412 e. The molecular weight excluding hydrogens is 453 g/mol. The standard InChI is InChI=1S/C22H21ClFN5O4/c1-29(21(31)27-12-14-5-3-7-17(24)19(14)23)8-9-33-22(32)28-18-10-16-13(11-26-18)4-2-6-15(16)20(25)30/h2-7,10-11H,8-9,12H2,1H3,(H2,25,30)(H,27,31)(H,26,28,32). The molecule has 3 rings (SSSR count). The molecule has 172 valence electrons. The molecular formula is C22H21ClFN5O4. The molecule has 1 aromatic heterocycles. The van der Waals surface area contributed by atoms with Gasteiger partial charge in [0.2, 0.25) is 5.91 Å². The van der Waals surface area contributed by atoms with Crippen LogP contribution in [-0.4, -0.2) is 48.1 Å². The molecule has 0 unspecified atom stereocenters. The van der Waals surface area contributed by atoms with Crippen LogP contribution in [0.4, 0.5) is 19.8 Å². The second-order valence-electron chi connectivity index (χ2n) is 7.01. The minimum atomic E-state index is -0.779. The highest BCUT2D eigenvalue weighted by Gasteiger charge is 2.13. The van der Waals surface area contributed by atoms with Gasteiger partial charge in [-0.2, -0.15) is 0 Å². The highest BCUT2D eigenvalue weighted by Crippen LogP contribution is 2.21. The third-order valence-corrected chi connectivity index (χ3v) is 5.15. The number of benzene rings is 2. The van der Waals surface area contributed by atoms with Crippen LogP contribution in [-0.2, 0) is 11.3 Å². The molecule has 0 aliphatic carbocycles.